The monoisotopic (exact) mass is 410 g/mol. The Kier molecular flexibility index (Phi) is 5.20. The summed E-state index contributed by atoms with van der Waals surface area (Å²) in [5, 5.41) is 12.8. The van der Waals surface area contributed by atoms with Crippen LogP contribution in [0.5, 0.6) is 0 Å². The van der Waals surface area contributed by atoms with Crippen molar-refractivity contribution in [1.29, 1.82) is 0 Å². The molecule has 27 heavy (non-hydrogen) atoms. The molecule has 0 aromatic heterocycles. The van der Waals surface area contributed by atoms with Gasteiger partial charge in [0.15, 0.2) is 9.84 Å². The van der Waals surface area contributed by atoms with Gasteiger partial charge in [0, 0.05) is 11.4 Å². The molecule has 0 amide bonds. The number of hydrogen-bond acceptors (Lipinski definition) is 6. The molecule has 0 aliphatic carbocycles. The molecule has 1 saturated heterocycles. The second-order valence-corrected chi connectivity index (χ2v) is 10.7. The summed E-state index contributed by atoms with van der Waals surface area (Å²) in [5.74, 6) is -0.381. The summed E-state index contributed by atoms with van der Waals surface area (Å²) in [5.41, 5.74) is 2.64. The van der Waals surface area contributed by atoms with Crippen molar-refractivity contribution >= 4 is 31.2 Å². The lowest BCUT2D eigenvalue weighted by molar-refractivity contribution is 0.190. The van der Waals surface area contributed by atoms with E-state index in [1.807, 2.05) is 13.0 Å². The van der Waals surface area contributed by atoms with Crippen LogP contribution in [-0.2, 0) is 19.9 Å². The van der Waals surface area contributed by atoms with Crippen molar-refractivity contribution in [3.8, 4) is 0 Å². The van der Waals surface area contributed by atoms with E-state index in [2.05, 4.69) is 10.0 Å². The number of sulfone groups is 1. The van der Waals surface area contributed by atoms with Gasteiger partial charge in [0.2, 0.25) is 0 Å². The zero-order valence-corrected chi connectivity index (χ0v) is 16.6. The van der Waals surface area contributed by atoms with Gasteiger partial charge in [0.25, 0.3) is 10.0 Å². The number of hydrogen-bond donors (Lipinski definition) is 3. The van der Waals surface area contributed by atoms with Crippen molar-refractivity contribution in [2.75, 3.05) is 21.5 Å². The molecule has 9 heteroatoms. The molecule has 1 heterocycles. The topological polar surface area (TPSA) is 113 Å². The molecule has 7 nitrogen and oxygen atoms in total. The highest BCUT2D eigenvalue weighted by Crippen LogP contribution is 2.23. The van der Waals surface area contributed by atoms with Crippen LogP contribution in [0.3, 0.4) is 0 Å². The van der Waals surface area contributed by atoms with E-state index in [0.717, 1.165) is 5.56 Å². The van der Waals surface area contributed by atoms with Crippen LogP contribution in [0.1, 0.15) is 11.1 Å². The number of aliphatic hydroxyl groups is 1. The Morgan fingerprint density at radius 2 is 1.63 bits per heavy atom. The van der Waals surface area contributed by atoms with E-state index in [4.69, 9.17) is 0 Å². The van der Waals surface area contributed by atoms with Crippen LogP contribution in [0.2, 0.25) is 0 Å². The van der Waals surface area contributed by atoms with Crippen LogP contribution in [-0.4, -0.2) is 45.6 Å². The van der Waals surface area contributed by atoms with E-state index in [0.29, 0.717) is 16.9 Å². The van der Waals surface area contributed by atoms with Crippen LogP contribution in [0.25, 0.3) is 0 Å². The summed E-state index contributed by atoms with van der Waals surface area (Å²) in [6.07, 6.45) is -0.960. The van der Waals surface area contributed by atoms with Gasteiger partial charge in [0.05, 0.1) is 28.5 Å². The van der Waals surface area contributed by atoms with Crippen molar-refractivity contribution in [3.63, 3.8) is 0 Å². The minimum absolute atomic E-state index is 0.130. The molecule has 0 spiro atoms. The van der Waals surface area contributed by atoms with Gasteiger partial charge < -0.3 is 10.4 Å². The molecule has 2 atom stereocenters. The third-order valence-corrected chi connectivity index (χ3v) is 7.69. The second-order valence-electron chi connectivity index (χ2n) is 6.85. The van der Waals surface area contributed by atoms with E-state index in [1.54, 1.807) is 43.3 Å². The average molecular weight is 411 g/mol. The Balaban J connectivity index is 1.72. The first-order valence-electron chi connectivity index (χ1n) is 8.41. The lowest BCUT2D eigenvalue weighted by atomic mass is 10.2. The number of nitrogens with one attached hydrogen (secondary N) is 2. The molecule has 0 bridgehead atoms. The van der Waals surface area contributed by atoms with Crippen LogP contribution in [0.4, 0.5) is 11.4 Å². The molecule has 2 aromatic rings. The van der Waals surface area contributed by atoms with Gasteiger partial charge in [-0.05, 0) is 49.7 Å². The Bertz CT molecular complexity index is 1050. The molecular formula is C18H22N2O5S2. The first-order chi connectivity index (χ1) is 12.6. The standard InChI is InChI=1S/C18H22N2O5S2/c1-12-3-8-18(13(2)9-12)27(24,25)20-15-6-4-14(5-7-15)19-16-10-26(22,23)11-17(16)21/h3-9,16-17,19-21H,10-11H2,1-2H3/t16-,17-/m1/s1. The Labute approximate surface area is 159 Å². The first-order valence-corrected chi connectivity index (χ1v) is 11.7. The third-order valence-electron chi connectivity index (χ3n) is 4.43. The molecule has 0 unspecified atom stereocenters. The number of aliphatic hydroxyl groups excluding tert-OH is 1. The minimum Gasteiger partial charge on any atom is -0.390 e. The zero-order valence-electron chi connectivity index (χ0n) is 15.0. The van der Waals surface area contributed by atoms with Crippen molar-refractivity contribution in [2.45, 2.75) is 30.9 Å². The molecule has 0 saturated carbocycles. The smallest absolute Gasteiger partial charge is 0.262 e. The number of rotatable bonds is 5. The maximum Gasteiger partial charge on any atom is 0.262 e. The van der Waals surface area contributed by atoms with E-state index >= 15 is 0 Å². The fourth-order valence-electron chi connectivity index (χ4n) is 3.13. The van der Waals surface area contributed by atoms with E-state index in [1.165, 1.54) is 0 Å². The zero-order chi connectivity index (χ0) is 19.8. The Morgan fingerprint density at radius 1 is 1.00 bits per heavy atom. The predicted molar refractivity (Wildman–Crippen MR) is 105 cm³/mol. The van der Waals surface area contributed by atoms with Gasteiger partial charge in [0.1, 0.15) is 0 Å². The molecule has 3 rings (SSSR count). The molecule has 2 aromatic carbocycles. The fourth-order valence-corrected chi connectivity index (χ4v) is 6.15. The first kappa shape index (κ1) is 19.7. The SMILES string of the molecule is Cc1ccc(S(=O)(=O)Nc2ccc(N[C@@H]3CS(=O)(=O)C[C@H]3O)cc2)c(C)c1. The quantitative estimate of drug-likeness (QED) is 0.691. The highest BCUT2D eigenvalue weighted by Gasteiger charge is 2.36. The number of sulfonamides is 1. The van der Waals surface area contributed by atoms with Gasteiger partial charge in [-0.1, -0.05) is 17.7 Å². The molecule has 146 valence electrons. The summed E-state index contributed by atoms with van der Waals surface area (Å²) in [7, 11) is -6.95. The van der Waals surface area contributed by atoms with Crippen LogP contribution in [0.15, 0.2) is 47.4 Å². The summed E-state index contributed by atoms with van der Waals surface area (Å²) < 4.78 is 50.8. The van der Waals surface area contributed by atoms with Crippen LogP contribution in [0, 0.1) is 13.8 Å². The predicted octanol–water partition coefficient (Wildman–Crippen LogP) is 1.67. The molecule has 0 radical (unpaired) electrons. The molecule has 1 aliphatic heterocycles. The van der Waals surface area contributed by atoms with E-state index < -0.39 is 32.0 Å². The van der Waals surface area contributed by atoms with Crippen molar-refractivity contribution in [1.82, 2.24) is 0 Å². The minimum atomic E-state index is -3.71. The van der Waals surface area contributed by atoms with Crippen LogP contribution < -0.4 is 10.0 Å². The maximum atomic E-state index is 12.6. The lowest BCUT2D eigenvalue weighted by Crippen LogP contribution is -2.31. The van der Waals surface area contributed by atoms with Gasteiger partial charge in [-0.25, -0.2) is 16.8 Å². The third kappa shape index (κ3) is 4.60. The Morgan fingerprint density at radius 3 is 2.19 bits per heavy atom. The van der Waals surface area contributed by atoms with Crippen molar-refractivity contribution < 1.29 is 21.9 Å². The average Bonchev–Trinajstić information content (AvgIpc) is 2.80. The number of benzene rings is 2. The van der Waals surface area contributed by atoms with Crippen LogP contribution >= 0.6 is 0 Å². The second kappa shape index (κ2) is 7.14. The van der Waals surface area contributed by atoms with E-state index in [9.17, 15) is 21.9 Å². The summed E-state index contributed by atoms with van der Waals surface area (Å²) in [6.45, 7) is 3.64. The Hall–Kier alpha value is -2.10. The maximum absolute atomic E-state index is 12.6. The number of aryl methyl sites for hydroxylation is 2. The lowest BCUT2D eigenvalue weighted by Gasteiger charge is -2.17. The summed E-state index contributed by atoms with van der Waals surface area (Å²) >= 11 is 0. The molecule has 1 fully saturated rings. The normalized spacial score (nSPS) is 21.7. The molecule has 1 aliphatic rings. The van der Waals surface area contributed by atoms with E-state index in [-0.39, 0.29) is 16.4 Å². The van der Waals surface area contributed by atoms with Gasteiger partial charge in [-0.2, -0.15) is 0 Å². The largest absolute Gasteiger partial charge is 0.390 e. The highest BCUT2D eigenvalue weighted by atomic mass is 32.2. The highest BCUT2D eigenvalue weighted by molar-refractivity contribution is 7.92. The van der Waals surface area contributed by atoms with Gasteiger partial charge >= 0.3 is 0 Å². The van der Waals surface area contributed by atoms with Crippen molar-refractivity contribution in [2.24, 2.45) is 0 Å². The number of anilines is 2. The summed E-state index contributed by atoms with van der Waals surface area (Å²) in [6, 6.07) is 11.0. The summed E-state index contributed by atoms with van der Waals surface area (Å²) in [4.78, 5) is 0.217. The fraction of sp³-hybridized carbons (Fsp3) is 0.333. The van der Waals surface area contributed by atoms with Gasteiger partial charge in [-0.15, -0.1) is 0 Å². The van der Waals surface area contributed by atoms with Crippen molar-refractivity contribution in [3.05, 3.63) is 53.6 Å². The van der Waals surface area contributed by atoms with Gasteiger partial charge in [-0.3, -0.25) is 4.72 Å². The molecule has 3 N–H and O–H groups in total. The molecular weight excluding hydrogens is 388 g/mol.